The van der Waals surface area contributed by atoms with E-state index >= 15 is 0 Å². The van der Waals surface area contributed by atoms with Gasteiger partial charge in [0, 0.05) is 25.2 Å². The molecule has 8 fully saturated rings. The third kappa shape index (κ3) is 3.69. The summed E-state index contributed by atoms with van der Waals surface area (Å²) >= 11 is 0. The Labute approximate surface area is 199 Å². The predicted octanol–water partition coefficient (Wildman–Crippen LogP) is 4.17. The zero-order valence-electron chi connectivity index (χ0n) is 20.1. The van der Waals surface area contributed by atoms with E-state index < -0.39 is 34.3 Å². The van der Waals surface area contributed by atoms with Crippen LogP contribution >= 0.6 is 0 Å². The van der Waals surface area contributed by atoms with Gasteiger partial charge in [0.25, 0.3) is 0 Å². The first-order valence-electron chi connectivity index (χ1n) is 13.0. The molecule has 0 aliphatic heterocycles. The topological polar surface area (TPSA) is 82.1 Å². The summed E-state index contributed by atoms with van der Waals surface area (Å²) in [6.07, 6.45) is 8.66. The molecular weight excluding hydrogens is 446 g/mol. The van der Waals surface area contributed by atoms with Crippen LogP contribution in [-0.2, 0) is 23.8 Å². The van der Waals surface area contributed by atoms with Gasteiger partial charge in [0.15, 0.2) is 0 Å². The third-order valence-electron chi connectivity index (χ3n) is 10.2. The molecule has 8 aliphatic carbocycles. The van der Waals surface area contributed by atoms with Crippen molar-refractivity contribution in [3.05, 3.63) is 0 Å². The molecule has 190 valence electrons. The number of carbonyl (C=O) groups is 2. The lowest BCUT2D eigenvalue weighted by molar-refractivity contribution is -0.259. The highest BCUT2D eigenvalue weighted by Crippen LogP contribution is 2.63. The van der Waals surface area contributed by atoms with Gasteiger partial charge in [0.2, 0.25) is 0 Å². The number of alkyl halides is 2. The molecule has 8 aliphatic rings. The second-order valence-corrected chi connectivity index (χ2v) is 13.1. The molecule has 4 unspecified atom stereocenters. The first kappa shape index (κ1) is 23.1. The van der Waals surface area contributed by atoms with Crippen molar-refractivity contribution in [2.24, 2.45) is 29.6 Å². The number of halogens is 2. The van der Waals surface area contributed by atoms with Gasteiger partial charge in [-0.1, -0.05) is 0 Å². The van der Waals surface area contributed by atoms with Gasteiger partial charge in [-0.05, 0) is 88.9 Å². The van der Waals surface area contributed by atoms with Crippen LogP contribution in [0.4, 0.5) is 8.78 Å². The van der Waals surface area contributed by atoms with Crippen LogP contribution in [0.5, 0.6) is 0 Å². The van der Waals surface area contributed by atoms with E-state index in [0.29, 0.717) is 43.9 Å². The van der Waals surface area contributed by atoms with Crippen LogP contribution in [-0.4, -0.2) is 52.0 Å². The normalized spacial score (nSPS) is 50.4. The summed E-state index contributed by atoms with van der Waals surface area (Å²) in [6.45, 7) is 2.24. The molecule has 34 heavy (non-hydrogen) atoms. The molecule has 0 amide bonds. The van der Waals surface area contributed by atoms with Crippen molar-refractivity contribution in [1.29, 1.82) is 0 Å². The number of esters is 2. The van der Waals surface area contributed by atoms with Gasteiger partial charge in [0.05, 0.1) is 11.2 Å². The molecule has 6 nitrogen and oxygen atoms in total. The lowest BCUT2D eigenvalue weighted by Gasteiger charge is -2.63. The molecule has 0 aromatic carbocycles. The van der Waals surface area contributed by atoms with Crippen LogP contribution in [0.25, 0.3) is 0 Å². The first-order valence-corrected chi connectivity index (χ1v) is 13.0. The first-order chi connectivity index (χ1) is 15.8. The maximum atomic E-state index is 13.6. The minimum absolute atomic E-state index is 0.0570. The van der Waals surface area contributed by atoms with Gasteiger partial charge in [-0.25, -0.2) is 9.59 Å². The van der Waals surface area contributed by atoms with Gasteiger partial charge < -0.3 is 19.3 Å². The van der Waals surface area contributed by atoms with Crippen molar-refractivity contribution in [2.75, 3.05) is 6.61 Å². The summed E-state index contributed by atoms with van der Waals surface area (Å²) in [6, 6.07) is 0. The fourth-order valence-corrected chi connectivity index (χ4v) is 9.48. The molecule has 8 bridgehead atoms. The smallest absolute Gasteiger partial charge is 0.377 e. The summed E-state index contributed by atoms with van der Waals surface area (Å²) in [7, 11) is 0. The van der Waals surface area contributed by atoms with E-state index in [4.69, 9.17) is 14.2 Å². The molecule has 0 heterocycles. The number of rotatable bonds is 6. The van der Waals surface area contributed by atoms with E-state index in [2.05, 4.69) is 0 Å². The third-order valence-corrected chi connectivity index (χ3v) is 10.2. The van der Waals surface area contributed by atoms with Crippen molar-refractivity contribution in [1.82, 2.24) is 0 Å². The van der Waals surface area contributed by atoms with Crippen molar-refractivity contribution in [2.45, 2.75) is 113 Å². The Morgan fingerprint density at radius 3 is 2.03 bits per heavy atom. The Balaban J connectivity index is 1.10. The highest BCUT2D eigenvalue weighted by Gasteiger charge is 2.64. The van der Waals surface area contributed by atoms with Crippen LogP contribution < -0.4 is 0 Å². The number of hydrogen-bond donors (Lipinski definition) is 1. The number of aliphatic hydroxyl groups is 1. The molecule has 1 N–H and O–H groups in total. The van der Waals surface area contributed by atoms with Crippen LogP contribution in [0.1, 0.15) is 84.5 Å². The Morgan fingerprint density at radius 2 is 1.47 bits per heavy atom. The number of ether oxygens (including phenoxy) is 3. The second kappa shape index (κ2) is 7.15. The lowest BCUT2D eigenvalue weighted by Crippen LogP contribution is -2.65. The van der Waals surface area contributed by atoms with E-state index in [0.717, 1.165) is 51.4 Å². The molecule has 0 saturated heterocycles. The molecule has 4 atom stereocenters. The Bertz CT molecular complexity index is 866. The standard InChI is InChI=1S/C26H36F2O6/c1-22(34-21(30)23(2,27)28)18-4-15-5-19(22)12-25(8-15,11-18)32-13-20(29)33-26-9-16-3-17(10-26)7-24(31,6-16)14-26/h15-19,31H,3-14H2,1-2H3. The second-order valence-electron chi connectivity index (χ2n) is 13.1. The Morgan fingerprint density at radius 1 is 0.882 bits per heavy atom. The van der Waals surface area contributed by atoms with Crippen LogP contribution in [0.2, 0.25) is 0 Å². The van der Waals surface area contributed by atoms with Crippen molar-refractivity contribution < 1.29 is 37.7 Å². The van der Waals surface area contributed by atoms with E-state index in [9.17, 15) is 23.5 Å². The van der Waals surface area contributed by atoms with Crippen LogP contribution in [0.3, 0.4) is 0 Å². The average molecular weight is 483 g/mol. The summed E-state index contributed by atoms with van der Waals surface area (Å²) in [4.78, 5) is 24.9. The Kier molecular flexibility index (Phi) is 4.86. The summed E-state index contributed by atoms with van der Waals surface area (Å²) in [5, 5.41) is 10.9. The van der Waals surface area contributed by atoms with Crippen LogP contribution in [0.15, 0.2) is 0 Å². The molecule has 0 spiro atoms. The largest absolute Gasteiger partial charge is 0.457 e. The monoisotopic (exact) mass is 482 g/mol. The molecular formula is C26H36F2O6. The zero-order chi connectivity index (χ0) is 24.1. The summed E-state index contributed by atoms with van der Waals surface area (Å²) in [5.74, 6) is -4.21. The van der Waals surface area contributed by atoms with Gasteiger partial charge in [0.1, 0.15) is 17.8 Å². The van der Waals surface area contributed by atoms with E-state index in [1.54, 1.807) is 6.92 Å². The van der Waals surface area contributed by atoms with Crippen molar-refractivity contribution in [3.63, 3.8) is 0 Å². The van der Waals surface area contributed by atoms with Crippen LogP contribution in [0, 0.1) is 29.6 Å². The highest BCUT2D eigenvalue weighted by atomic mass is 19.3. The minimum atomic E-state index is -3.51. The fraction of sp³-hybridized carbons (Fsp3) is 0.923. The molecule has 0 aromatic heterocycles. The van der Waals surface area contributed by atoms with Gasteiger partial charge in [-0.15, -0.1) is 0 Å². The Hall–Kier alpha value is -1.28. The molecule has 8 heteroatoms. The van der Waals surface area contributed by atoms with E-state index in [-0.39, 0.29) is 24.4 Å². The van der Waals surface area contributed by atoms with Gasteiger partial charge >= 0.3 is 17.9 Å². The maximum absolute atomic E-state index is 13.6. The van der Waals surface area contributed by atoms with E-state index in [1.165, 1.54) is 0 Å². The van der Waals surface area contributed by atoms with E-state index in [1.807, 2.05) is 0 Å². The zero-order valence-corrected chi connectivity index (χ0v) is 20.1. The highest BCUT2D eigenvalue weighted by molar-refractivity contribution is 5.77. The molecule has 8 saturated carbocycles. The lowest BCUT2D eigenvalue weighted by atomic mass is 9.48. The maximum Gasteiger partial charge on any atom is 0.377 e. The summed E-state index contributed by atoms with van der Waals surface area (Å²) in [5.41, 5.74) is -2.66. The van der Waals surface area contributed by atoms with Gasteiger partial charge in [-0.2, -0.15) is 8.78 Å². The fourth-order valence-electron chi connectivity index (χ4n) is 9.48. The van der Waals surface area contributed by atoms with Crippen molar-refractivity contribution in [3.8, 4) is 0 Å². The quantitative estimate of drug-likeness (QED) is 0.573. The predicted molar refractivity (Wildman–Crippen MR) is 116 cm³/mol. The molecule has 8 rings (SSSR count). The average Bonchev–Trinajstić information content (AvgIpc) is 2.67. The molecule has 0 aromatic rings. The number of carbonyl (C=O) groups excluding carboxylic acids is 2. The van der Waals surface area contributed by atoms with Crippen molar-refractivity contribution >= 4 is 11.9 Å². The number of hydrogen-bond acceptors (Lipinski definition) is 6. The SMILES string of the molecule is CC(F)(F)C(=O)OC1(C)C2CC3CC1CC(OCC(=O)OC14CC5CC(CC(O)(C5)C1)C4)(C3)C2. The summed E-state index contributed by atoms with van der Waals surface area (Å²) < 4.78 is 44.9. The minimum Gasteiger partial charge on any atom is -0.457 e. The van der Waals surface area contributed by atoms with Gasteiger partial charge in [-0.3, -0.25) is 0 Å². The molecule has 0 radical (unpaired) electrons.